The molecule has 0 fully saturated rings. The van der Waals surface area contributed by atoms with Crippen LogP contribution in [0.4, 0.5) is 0 Å². The van der Waals surface area contributed by atoms with Gasteiger partial charge >= 0.3 is 0 Å². The number of aromatic nitrogens is 3. The van der Waals surface area contributed by atoms with E-state index in [1.807, 2.05) is 52.0 Å². The maximum atomic E-state index is 10.6. The molecule has 0 radical (unpaired) electrons. The predicted molar refractivity (Wildman–Crippen MR) is 97.8 cm³/mol. The Labute approximate surface area is 147 Å². The van der Waals surface area contributed by atoms with Crippen molar-refractivity contribution in [3.63, 3.8) is 0 Å². The second-order valence-electron chi connectivity index (χ2n) is 7.26. The van der Waals surface area contributed by atoms with Gasteiger partial charge in [0, 0.05) is 11.6 Å². The number of nitrogens with one attached hydrogen (secondary N) is 1. The van der Waals surface area contributed by atoms with Crippen molar-refractivity contribution in [1.29, 1.82) is 5.26 Å². The van der Waals surface area contributed by atoms with Crippen molar-refractivity contribution in [2.24, 2.45) is 5.92 Å². The normalized spacial score (nSPS) is 13.2. The van der Waals surface area contributed by atoms with Gasteiger partial charge in [0.2, 0.25) is 0 Å². The number of hydrogen-bond acceptors (Lipinski definition) is 4. The minimum atomic E-state index is -0.649. The number of H-pyrrole nitrogens is 1. The minimum absolute atomic E-state index is 0.0830. The first-order chi connectivity index (χ1) is 11.8. The Morgan fingerprint density at radius 3 is 2.68 bits per heavy atom. The molecule has 25 heavy (non-hydrogen) atoms. The molecule has 5 heteroatoms. The van der Waals surface area contributed by atoms with Crippen LogP contribution < -0.4 is 0 Å². The van der Waals surface area contributed by atoms with Gasteiger partial charge in [-0.15, -0.1) is 0 Å². The number of aliphatic hydroxyl groups excluding tert-OH is 1. The first kappa shape index (κ1) is 17.1. The Kier molecular flexibility index (Phi) is 4.32. The molecular formula is C20H22N4O. The third-order valence-corrected chi connectivity index (χ3v) is 4.59. The number of pyridine rings is 1. The fourth-order valence-corrected chi connectivity index (χ4v) is 2.89. The van der Waals surface area contributed by atoms with E-state index < -0.39 is 11.5 Å². The van der Waals surface area contributed by atoms with E-state index in [0.717, 1.165) is 27.6 Å². The van der Waals surface area contributed by atoms with E-state index in [1.165, 1.54) is 0 Å². The Balaban J connectivity index is 2.26. The highest BCUT2D eigenvalue weighted by Crippen LogP contribution is 2.35. The van der Waals surface area contributed by atoms with Crippen molar-refractivity contribution in [2.75, 3.05) is 0 Å². The number of benzene rings is 1. The molecule has 3 rings (SSSR count). The van der Waals surface area contributed by atoms with Crippen LogP contribution in [0.1, 0.15) is 44.9 Å². The van der Waals surface area contributed by atoms with Crippen molar-refractivity contribution >= 4 is 11.0 Å². The molecular weight excluding hydrogens is 312 g/mol. The summed E-state index contributed by atoms with van der Waals surface area (Å²) in [6, 6.07) is 10.2. The van der Waals surface area contributed by atoms with Gasteiger partial charge in [-0.05, 0) is 60.2 Å². The van der Waals surface area contributed by atoms with Crippen LogP contribution >= 0.6 is 0 Å². The summed E-state index contributed by atoms with van der Waals surface area (Å²) in [6.07, 6.45) is 2.89. The summed E-state index contributed by atoms with van der Waals surface area (Å²) in [7, 11) is 0. The molecule has 0 spiro atoms. The van der Waals surface area contributed by atoms with E-state index in [2.05, 4.69) is 21.3 Å². The summed E-state index contributed by atoms with van der Waals surface area (Å²) in [4.78, 5) is 4.28. The van der Waals surface area contributed by atoms with Crippen LogP contribution in [0.2, 0.25) is 0 Å². The SMILES string of the molecule is CC(C)C(O)c1cc(-c2ccnc3[nH]ncc23)cc(C(C)(C)C#N)c1. The fourth-order valence-electron chi connectivity index (χ4n) is 2.89. The van der Waals surface area contributed by atoms with E-state index >= 15 is 0 Å². The molecule has 128 valence electrons. The largest absolute Gasteiger partial charge is 0.388 e. The first-order valence-corrected chi connectivity index (χ1v) is 8.36. The maximum absolute atomic E-state index is 10.6. The van der Waals surface area contributed by atoms with Crippen LogP contribution in [-0.4, -0.2) is 20.3 Å². The summed E-state index contributed by atoms with van der Waals surface area (Å²) < 4.78 is 0. The lowest BCUT2D eigenvalue weighted by atomic mass is 9.82. The molecule has 0 aliphatic carbocycles. The second kappa shape index (κ2) is 6.30. The number of rotatable bonds is 4. The van der Waals surface area contributed by atoms with Crippen LogP contribution in [0.25, 0.3) is 22.2 Å². The molecule has 2 N–H and O–H groups in total. The van der Waals surface area contributed by atoms with Gasteiger partial charge in [0.05, 0.1) is 23.8 Å². The van der Waals surface area contributed by atoms with Crippen molar-refractivity contribution in [3.05, 3.63) is 47.8 Å². The maximum Gasteiger partial charge on any atom is 0.155 e. The van der Waals surface area contributed by atoms with E-state index in [4.69, 9.17) is 0 Å². The molecule has 2 aromatic heterocycles. The lowest BCUT2D eigenvalue weighted by Crippen LogP contribution is -2.16. The smallest absolute Gasteiger partial charge is 0.155 e. The van der Waals surface area contributed by atoms with E-state index in [9.17, 15) is 10.4 Å². The van der Waals surface area contributed by atoms with E-state index in [1.54, 1.807) is 12.4 Å². The number of nitrogens with zero attached hydrogens (tertiary/aromatic N) is 3. The molecule has 0 saturated carbocycles. The quantitative estimate of drug-likeness (QED) is 0.751. The summed E-state index contributed by atoms with van der Waals surface area (Å²) in [6.45, 7) is 7.73. The van der Waals surface area contributed by atoms with Gasteiger partial charge in [0.1, 0.15) is 0 Å². The Morgan fingerprint density at radius 2 is 2.00 bits per heavy atom. The highest BCUT2D eigenvalue weighted by molar-refractivity contribution is 5.92. The van der Waals surface area contributed by atoms with Gasteiger partial charge in [0.15, 0.2) is 5.65 Å². The van der Waals surface area contributed by atoms with Crippen LogP contribution in [0.15, 0.2) is 36.7 Å². The number of hydrogen-bond donors (Lipinski definition) is 2. The first-order valence-electron chi connectivity index (χ1n) is 8.36. The Morgan fingerprint density at radius 1 is 1.24 bits per heavy atom. The van der Waals surface area contributed by atoms with E-state index in [-0.39, 0.29) is 5.92 Å². The van der Waals surface area contributed by atoms with Gasteiger partial charge in [-0.25, -0.2) is 4.98 Å². The summed E-state index contributed by atoms with van der Waals surface area (Å²) in [5, 5.41) is 28.0. The van der Waals surface area contributed by atoms with Gasteiger partial charge in [-0.2, -0.15) is 10.4 Å². The van der Waals surface area contributed by atoms with Gasteiger partial charge in [0.25, 0.3) is 0 Å². The topological polar surface area (TPSA) is 85.6 Å². The van der Waals surface area contributed by atoms with Crippen LogP contribution in [-0.2, 0) is 5.41 Å². The highest BCUT2D eigenvalue weighted by atomic mass is 16.3. The number of fused-ring (bicyclic) bond motifs is 1. The molecule has 2 heterocycles. The molecule has 0 amide bonds. The standard InChI is InChI=1S/C20H22N4O/c1-12(2)18(25)14-7-13(8-15(9-14)20(3,4)11-21)16-5-6-22-19-17(16)10-23-24-19/h5-10,12,18,25H,1-4H3,(H,22,23,24). The third-order valence-electron chi connectivity index (χ3n) is 4.59. The van der Waals surface area contributed by atoms with Gasteiger partial charge < -0.3 is 5.11 Å². The number of aromatic amines is 1. The molecule has 0 bridgehead atoms. The zero-order chi connectivity index (χ0) is 18.2. The highest BCUT2D eigenvalue weighted by Gasteiger charge is 2.24. The van der Waals surface area contributed by atoms with Gasteiger partial charge in [-0.3, -0.25) is 5.10 Å². The molecule has 0 aliphatic rings. The van der Waals surface area contributed by atoms with Crippen LogP contribution in [0.3, 0.4) is 0 Å². The molecule has 1 unspecified atom stereocenters. The zero-order valence-electron chi connectivity index (χ0n) is 14.9. The monoisotopic (exact) mass is 334 g/mol. The average molecular weight is 334 g/mol. The molecule has 1 atom stereocenters. The van der Waals surface area contributed by atoms with E-state index in [0.29, 0.717) is 5.65 Å². The van der Waals surface area contributed by atoms with Crippen molar-refractivity contribution < 1.29 is 5.11 Å². The van der Waals surface area contributed by atoms with Crippen LogP contribution in [0, 0.1) is 17.2 Å². The summed E-state index contributed by atoms with van der Waals surface area (Å²) in [5.74, 6) is 0.0830. The lowest BCUT2D eigenvalue weighted by Gasteiger charge is -2.22. The van der Waals surface area contributed by atoms with Crippen molar-refractivity contribution in [1.82, 2.24) is 15.2 Å². The Hall–Kier alpha value is -2.71. The zero-order valence-corrected chi connectivity index (χ0v) is 14.9. The predicted octanol–water partition coefficient (Wildman–Crippen LogP) is 4.12. The summed E-state index contributed by atoms with van der Waals surface area (Å²) in [5.41, 5.74) is 3.70. The molecule has 5 nitrogen and oxygen atoms in total. The molecule has 0 aliphatic heterocycles. The van der Waals surface area contributed by atoms with Gasteiger partial charge in [-0.1, -0.05) is 19.9 Å². The molecule has 3 aromatic rings. The van der Waals surface area contributed by atoms with Crippen molar-refractivity contribution in [2.45, 2.75) is 39.2 Å². The number of aliphatic hydroxyl groups is 1. The third kappa shape index (κ3) is 3.13. The summed E-state index contributed by atoms with van der Waals surface area (Å²) >= 11 is 0. The van der Waals surface area contributed by atoms with Crippen molar-refractivity contribution in [3.8, 4) is 17.2 Å². The average Bonchev–Trinajstić information content (AvgIpc) is 3.09. The molecule has 1 aromatic carbocycles. The fraction of sp³-hybridized carbons (Fsp3) is 0.350. The molecule has 0 saturated heterocycles. The minimum Gasteiger partial charge on any atom is -0.388 e. The Bertz CT molecular complexity index is 950. The second-order valence-corrected chi connectivity index (χ2v) is 7.26. The van der Waals surface area contributed by atoms with Crippen LogP contribution in [0.5, 0.6) is 0 Å². The lowest BCUT2D eigenvalue weighted by molar-refractivity contribution is 0.127. The number of nitriles is 1.